The van der Waals surface area contributed by atoms with Gasteiger partial charge in [0.15, 0.2) is 0 Å². The molecule has 0 aliphatic carbocycles. The summed E-state index contributed by atoms with van der Waals surface area (Å²) in [5.41, 5.74) is 32.4. The van der Waals surface area contributed by atoms with Crippen molar-refractivity contribution < 1.29 is 0 Å². The van der Waals surface area contributed by atoms with Gasteiger partial charge < -0.3 is 19.6 Å². The van der Waals surface area contributed by atoms with Crippen molar-refractivity contribution in [1.82, 2.24) is 0 Å². The van der Waals surface area contributed by atoms with Crippen molar-refractivity contribution in [2.75, 3.05) is 19.6 Å². The van der Waals surface area contributed by atoms with Crippen LogP contribution in [0.25, 0.3) is 87.6 Å². The molecule has 0 aliphatic rings. The molecule has 0 saturated carbocycles. The number of anilines is 12. The fourth-order valence-corrected chi connectivity index (χ4v) is 15.4. The molecular weight excluding hydrogens is 1260 g/mol. The van der Waals surface area contributed by atoms with Crippen LogP contribution in [0.15, 0.2) is 340 Å². The Balaban J connectivity index is 0.892. The molecule has 4 nitrogen and oxygen atoms in total. The fraction of sp³-hybridized carbons (Fsp3) is 0.0800. The third kappa shape index (κ3) is 12.1. The number of nitrogens with zero attached hydrogens (tertiary/aromatic N) is 4. The van der Waals surface area contributed by atoms with Crippen molar-refractivity contribution in [1.29, 1.82) is 0 Å². The second-order valence-corrected chi connectivity index (χ2v) is 28.4. The second kappa shape index (κ2) is 27.0. The van der Waals surface area contributed by atoms with E-state index < -0.39 is 0 Å². The van der Waals surface area contributed by atoms with Crippen molar-refractivity contribution in [2.24, 2.45) is 0 Å². The van der Waals surface area contributed by atoms with Gasteiger partial charge in [-0.05, 0) is 289 Å². The van der Waals surface area contributed by atoms with E-state index in [4.69, 9.17) is 0 Å². The van der Waals surface area contributed by atoms with E-state index in [2.05, 4.69) is 415 Å². The third-order valence-electron chi connectivity index (χ3n) is 21.0. The van der Waals surface area contributed by atoms with Gasteiger partial charge in [0.05, 0.1) is 0 Å². The minimum absolute atomic E-state index is 1.09. The number of hydrogen-bond acceptors (Lipinski definition) is 4. The van der Waals surface area contributed by atoms with Crippen LogP contribution in [0, 0.1) is 55.4 Å². The fourth-order valence-electron chi connectivity index (χ4n) is 15.4. The SMILES string of the molecule is Cc1ccc(N(c2ccc(C)cc2)c2ccc(-c3ccc4c5c(-c6ccc(N(c7ccc(C)cc7)c7ccc(C)cc7)cc6)ccc6c(-c7ccc(N(c8ccc(C)cc8)c8ccc(C)cc8)cc7)ccc(c7c(-c8ccc(N(c9ccc(C)cc9)c9ccc(C)cc9)cc8)ccc3c47)c65)cc2)cc1. The van der Waals surface area contributed by atoms with Crippen LogP contribution >= 0.6 is 0 Å². The molecule has 0 N–H and O–H groups in total. The zero-order chi connectivity index (χ0) is 70.7. The van der Waals surface area contributed by atoms with E-state index in [9.17, 15) is 0 Å². The molecule has 0 bridgehead atoms. The minimum atomic E-state index is 1.09. The standard InChI is InChI=1S/C100H80N4/c1-65-9-33-77(34-10-65)101(78-35-11-66(2)12-36-78)85-49-25-73(26-50-85)89-57-63-95-98-92(76-31-55-88(56-32-76)104(83-45-21-71(7)22-46-83)84-47-23-72(8)24-48-84)60-62-94-90(74-27-51-86(52-28-74)102(79-37-13-67(3)14-38-79)80-39-15-68(4)16-40-80)58-64-96(100(94)98)97-91(59-61-93(89)99(95)97)75-29-53-87(54-30-75)103(81-41-17-69(5)18-42-81)82-43-19-70(6)20-44-82/h9-64H,1-8H3. The van der Waals surface area contributed by atoms with Crippen LogP contribution in [-0.2, 0) is 0 Å². The zero-order valence-electron chi connectivity index (χ0n) is 60.1. The van der Waals surface area contributed by atoms with Gasteiger partial charge in [-0.15, -0.1) is 0 Å². The van der Waals surface area contributed by atoms with Crippen molar-refractivity contribution in [3.8, 4) is 44.5 Å². The highest BCUT2D eigenvalue weighted by molar-refractivity contribution is 6.39. The number of aryl methyl sites for hydroxylation is 8. The topological polar surface area (TPSA) is 13.0 Å². The Morgan fingerprint density at radius 3 is 0.452 bits per heavy atom. The van der Waals surface area contributed by atoms with Gasteiger partial charge in [-0.1, -0.05) is 239 Å². The minimum Gasteiger partial charge on any atom is -0.311 e. The maximum absolute atomic E-state index is 2.44. The highest BCUT2D eigenvalue weighted by Crippen LogP contribution is 2.52. The molecule has 0 heterocycles. The summed E-state index contributed by atoms with van der Waals surface area (Å²) in [5, 5.41) is 9.76. The molecule has 0 atom stereocenters. The van der Waals surface area contributed by atoms with Gasteiger partial charge >= 0.3 is 0 Å². The van der Waals surface area contributed by atoms with Gasteiger partial charge in [0.2, 0.25) is 0 Å². The Labute approximate surface area is 611 Å². The third-order valence-corrected chi connectivity index (χ3v) is 21.0. The van der Waals surface area contributed by atoms with Gasteiger partial charge in [0.25, 0.3) is 0 Å². The summed E-state index contributed by atoms with van der Waals surface area (Å²) in [6.07, 6.45) is 0. The Hall–Kier alpha value is -12.8. The van der Waals surface area contributed by atoms with Crippen LogP contribution < -0.4 is 19.6 Å². The highest BCUT2D eigenvalue weighted by atomic mass is 15.2. The lowest BCUT2D eigenvalue weighted by molar-refractivity contribution is 1.27. The molecule has 0 aliphatic heterocycles. The molecule has 0 aromatic heterocycles. The number of fused-ring (bicyclic) bond motifs is 2. The molecule has 0 spiro atoms. The summed E-state index contributed by atoms with van der Waals surface area (Å²) >= 11 is 0. The summed E-state index contributed by atoms with van der Waals surface area (Å²) < 4.78 is 0. The zero-order valence-corrected chi connectivity index (χ0v) is 60.1. The van der Waals surface area contributed by atoms with Crippen LogP contribution in [0.4, 0.5) is 68.2 Å². The molecule has 17 aromatic rings. The Bertz CT molecular complexity index is 5390. The molecule has 0 unspecified atom stereocenters. The average Bonchev–Trinajstić information content (AvgIpc) is 0.695. The Morgan fingerprint density at radius 1 is 0.125 bits per heavy atom. The molecule has 17 aromatic carbocycles. The number of hydrogen-bond donors (Lipinski definition) is 0. The van der Waals surface area contributed by atoms with E-state index in [0.717, 1.165) is 90.5 Å². The van der Waals surface area contributed by atoms with E-state index in [1.54, 1.807) is 0 Å². The van der Waals surface area contributed by atoms with Crippen LogP contribution in [-0.4, -0.2) is 0 Å². The predicted octanol–water partition coefficient (Wildman–Crippen LogP) is 28.8. The molecule has 0 saturated heterocycles. The molecule has 500 valence electrons. The lowest BCUT2D eigenvalue weighted by Gasteiger charge is -2.27. The maximum atomic E-state index is 2.44. The maximum Gasteiger partial charge on any atom is 0.0462 e. The first kappa shape index (κ1) is 64.6. The summed E-state index contributed by atoms with van der Waals surface area (Å²) in [6.45, 7) is 17.2. The van der Waals surface area contributed by atoms with E-state index >= 15 is 0 Å². The first-order chi connectivity index (χ1) is 50.8. The van der Waals surface area contributed by atoms with Crippen molar-refractivity contribution in [3.05, 3.63) is 384 Å². The second-order valence-electron chi connectivity index (χ2n) is 28.4. The molecule has 0 radical (unpaired) electrons. The molecule has 0 fully saturated rings. The summed E-state index contributed by atoms with van der Waals surface area (Å²) in [5.74, 6) is 0. The van der Waals surface area contributed by atoms with Crippen LogP contribution in [0.5, 0.6) is 0 Å². The predicted molar refractivity (Wildman–Crippen MR) is 446 cm³/mol. The van der Waals surface area contributed by atoms with Gasteiger partial charge in [-0.3, -0.25) is 0 Å². The number of benzene rings is 17. The summed E-state index contributed by atoms with van der Waals surface area (Å²) in [7, 11) is 0. The molecule has 0 amide bonds. The molecular formula is C100H80N4. The quantitative estimate of drug-likeness (QED) is 0.0706. The Morgan fingerprint density at radius 2 is 0.269 bits per heavy atom. The lowest BCUT2D eigenvalue weighted by atomic mass is 9.80. The van der Waals surface area contributed by atoms with E-state index in [-0.39, 0.29) is 0 Å². The van der Waals surface area contributed by atoms with Gasteiger partial charge in [0.1, 0.15) is 0 Å². The summed E-state index contributed by atoms with van der Waals surface area (Å²) in [4.78, 5) is 9.46. The van der Waals surface area contributed by atoms with E-state index in [0.29, 0.717) is 0 Å². The van der Waals surface area contributed by atoms with Crippen molar-refractivity contribution in [2.45, 2.75) is 55.4 Å². The lowest BCUT2D eigenvalue weighted by Crippen LogP contribution is -2.09. The van der Waals surface area contributed by atoms with Crippen LogP contribution in [0.1, 0.15) is 44.5 Å². The van der Waals surface area contributed by atoms with Gasteiger partial charge in [-0.25, -0.2) is 0 Å². The van der Waals surface area contributed by atoms with Crippen LogP contribution in [0.2, 0.25) is 0 Å². The monoisotopic (exact) mass is 1340 g/mol. The average molecular weight is 1340 g/mol. The van der Waals surface area contributed by atoms with Crippen molar-refractivity contribution in [3.63, 3.8) is 0 Å². The first-order valence-corrected chi connectivity index (χ1v) is 36.2. The first-order valence-electron chi connectivity index (χ1n) is 36.2. The van der Waals surface area contributed by atoms with Crippen molar-refractivity contribution >= 4 is 111 Å². The van der Waals surface area contributed by atoms with Gasteiger partial charge in [0, 0.05) is 68.2 Å². The van der Waals surface area contributed by atoms with E-state index in [1.165, 1.54) is 110 Å². The summed E-state index contributed by atoms with van der Waals surface area (Å²) in [6, 6.07) is 127. The smallest absolute Gasteiger partial charge is 0.0462 e. The van der Waals surface area contributed by atoms with Crippen LogP contribution in [0.3, 0.4) is 0 Å². The molecule has 104 heavy (non-hydrogen) atoms. The highest BCUT2D eigenvalue weighted by Gasteiger charge is 2.25. The Kier molecular flexibility index (Phi) is 16.8. The van der Waals surface area contributed by atoms with Gasteiger partial charge in [-0.2, -0.15) is 0 Å². The molecule has 17 rings (SSSR count). The van der Waals surface area contributed by atoms with E-state index in [1.807, 2.05) is 0 Å². The largest absolute Gasteiger partial charge is 0.311 e. The molecule has 4 heteroatoms. The normalized spacial score (nSPS) is 11.5. The number of rotatable bonds is 16.